The molecule has 0 fully saturated rings. The normalized spacial score (nSPS) is 15.2. The molecule has 1 unspecified atom stereocenters. The van der Waals surface area contributed by atoms with Crippen molar-refractivity contribution in [1.29, 1.82) is 0 Å². The number of anilines is 2. The van der Waals surface area contributed by atoms with Gasteiger partial charge in [-0.25, -0.2) is 0 Å². The van der Waals surface area contributed by atoms with Crippen LogP contribution in [0.5, 0.6) is 0 Å². The molecule has 2 aliphatic rings. The fourth-order valence-corrected chi connectivity index (χ4v) is 7.99. The summed E-state index contributed by atoms with van der Waals surface area (Å²) in [5.74, 6) is 0. The van der Waals surface area contributed by atoms with Crippen molar-refractivity contribution in [2.75, 3.05) is 5.32 Å². The van der Waals surface area contributed by atoms with Crippen molar-refractivity contribution in [3.63, 3.8) is 0 Å². The van der Waals surface area contributed by atoms with Crippen LogP contribution in [0.25, 0.3) is 56.3 Å². The molecule has 46 heavy (non-hydrogen) atoms. The maximum atomic E-state index is 4.10. The molecule has 0 bridgehead atoms. The van der Waals surface area contributed by atoms with Gasteiger partial charge in [0, 0.05) is 16.9 Å². The van der Waals surface area contributed by atoms with Crippen LogP contribution in [0.15, 0.2) is 159 Å². The molecule has 216 valence electrons. The molecule has 0 saturated carbocycles. The first-order valence-electron chi connectivity index (χ1n) is 15.8. The van der Waals surface area contributed by atoms with Gasteiger partial charge in [-0.15, -0.1) is 0 Å². The summed E-state index contributed by atoms with van der Waals surface area (Å²) in [5, 5.41) is 6.40. The first-order chi connectivity index (χ1) is 22.7. The number of nitrogens with one attached hydrogen (secondary N) is 1. The van der Waals surface area contributed by atoms with E-state index in [1.165, 1.54) is 60.8 Å². The Kier molecular flexibility index (Phi) is 5.79. The van der Waals surface area contributed by atoms with E-state index in [1.807, 2.05) is 12.2 Å². The van der Waals surface area contributed by atoms with E-state index >= 15 is 0 Å². The number of hydrogen-bond donors (Lipinski definition) is 1. The zero-order valence-corrected chi connectivity index (χ0v) is 25.4. The Morgan fingerprint density at radius 3 is 2.00 bits per heavy atom. The molecule has 1 N–H and O–H groups in total. The third-order valence-electron chi connectivity index (χ3n) is 9.99. The van der Waals surface area contributed by atoms with Crippen molar-refractivity contribution in [3.8, 4) is 33.4 Å². The van der Waals surface area contributed by atoms with Gasteiger partial charge in [0.1, 0.15) is 0 Å². The monoisotopic (exact) mass is 585 g/mol. The second kappa shape index (κ2) is 10.1. The van der Waals surface area contributed by atoms with Crippen LogP contribution in [0, 0.1) is 0 Å². The number of rotatable bonds is 5. The molecular weight excluding hydrogens is 555 g/mol. The molecule has 2 aliphatic carbocycles. The molecule has 7 aromatic rings. The minimum absolute atomic E-state index is 0.450. The zero-order chi connectivity index (χ0) is 30.8. The van der Waals surface area contributed by atoms with E-state index in [-0.39, 0.29) is 0 Å². The Morgan fingerprint density at radius 2 is 1.15 bits per heavy atom. The van der Waals surface area contributed by atoms with E-state index in [0.717, 1.165) is 28.1 Å². The van der Waals surface area contributed by atoms with Crippen LogP contribution in [0.4, 0.5) is 11.4 Å². The third-order valence-corrected chi connectivity index (χ3v) is 9.99. The summed E-state index contributed by atoms with van der Waals surface area (Å²) in [6.45, 7) is 8.02. The molecule has 0 amide bonds. The number of fused-ring (bicyclic) bond motifs is 12. The van der Waals surface area contributed by atoms with Gasteiger partial charge < -0.3 is 5.32 Å². The summed E-state index contributed by atoms with van der Waals surface area (Å²) in [7, 11) is 0. The molecule has 0 saturated heterocycles. The fourth-order valence-electron chi connectivity index (χ4n) is 7.99. The Labute approximate surface area is 269 Å². The second-order valence-corrected chi connectivity index (χ2v) is 12.3. The smallest absolute Gasteiger partial charge is 0.0732 e. The quantitative estimate of drug-likeness (QED) is 0.212. The summed E-state index contributed by atoms with van der Waals surface area (Å²) in [6.07, 6.45) is 3.83. The number of hydrogen-bond acceptors (Lipinski definition) is 1. The Hall–Kier alpha value is -5.92. The fraction of sp³-hybridized carbons (Fsp3) is 0.0222. The van der Waals surface area contributed by atoms with Gasteiger partial charge in [-0.05, 0) is 96.2 Å². The summed E-state index contributed by atoms with van der Waals surface area (Å²) in [4.78, 5) is 0. The van der Waals surface area contributed by atoms with Crippen molar-refractivity contribution >= 4 is 34.3 Å². The molecule has 7 aromatic carbocycles. The van der Waals surface area contributed by atoms with Crippen molar-refractivity contribution in [1.82, 2.24) is 0 Å². The average molecular weight is 586 g/mol. The van der Waals surface area contributed by atoms with Crippen LogP contribution in [0.3, 0.4) is 0 Å². The molecule has 9 rings (SSSR count). The molecular formula is C45H31N. The Balaban J connectivity index is 1.30. The maximum Gasteiger partial charge on any atom is 0.0732 e. The van der Waals surface area contributed by atoms with E-state index in [0.29, 0.717) is 0 Å². The third kappa shape index (κ3) is 3.63. The molecule has 0 heterocycles. The molecule has 1 nitrogen and oxygen atoms in total. The molecule has 1 atom stereocenters. The molecule has 0 aromatic heterocycles. The van der Waals surface area contributed by atoms with E-state index in [2.05, 4.69) is 164 Å². The zero-order valence-electron chi connectivity index (χ0n) is 25.4. The van der Waals surface area contributed by atoms with Crippen molar-refractivity contribution in [3.05, 3.63) is 192 Å². The molecule has 1 spiro atoms. The highest BCUT2D eigenvalue weighted by Crippen LogP contribution is 2.64. The predicted octanol–water partition coefficient (Wildman–Crippen LogP) is 11.9. The summed E-state index contributed by atoms with van der Waals surface area (Å²) < 4.78 is 0. The van der Waals surface area contributed by atoms with Gasteiger partial charge in [0.15, 0.2) is 0 Å². The van der Waals surface area contributed by atoms with Crippen LogP contribution in [-0.4, -0.2) is 0 Å². The van der Waals surface area contributed by atoms with Gasteiger partial charge in [-0.1, -0.05) is 147 Å². The largest absolute Gasteiger partial charge is 0.355 e. The summed E-state index contributed by atoms with van der Waals surface area (Å²) in [6, 6.07) is 53.4. The SMILES string of the molecule is C=Cc1ccc(-c2ccccc2Nc2ccc3c(c2)C2(c4ccc(C=C)cc4-3)c3ccccc3-c3ccc4ccccc4c32)cc1. The highest BCUT2D eigenvalue weighted by atomic mass is 14.9. The number of para-hydroxylation sites is 1. The minimum Gasteiger partial charge on any atom is -0.355 e. The van der Waals surface area contributed by atoms with Gasteiger partial charge >= 0.3 is 0 Å². The van der Waals surface area contributed by atoms with Crippen LogP contribution in [0.1, 0.15) is 33.4 Å². The lowest BCUT2D eigenvalue weighted by Crippen LogP contribution is -2.26. The topological polar surface area (TPSA) is 12.0 Å². The van der Waals surface area contributed by atoms with Gasteiger partial charge in [0.2, 0.25) is 0 Å². The summed E-state index contributed by atoms with van der Waals surface area (Å²) in [5.41, 5.74) is 16.8. The van der Waals surface area contributed by atoms with Gasteiger partial charge in [-0.2, -0.15) is 0 Å². The first-order valence-corrected chi connectivity index (χ1v) is 15.8. The van der Waals surface area contributed by atoms with Crippen molar-refractivity contribution in [2.24, 2.45) is 0 Å². The van der Waals surface area contributed by atoms with E-state index < -0.39 is 5.41 Å². The first kappa shape index (κ1) is 26.5. The number of benzene rings is 7. The van der Waals surface area contributed by atoms with Crippen molar-refractivity contribution < 1.29 is 0 Å². The second-order valence-electron chi connectivity index (χ2n) is 12.3. The lowest BCUT2D eigenvalue weighted by Gasteiger charge is -2.32. The van der Waals surface area contributed by atoms with Gasteiger partial charge in [0.25, 0.3) is 0 Å². The van der Waals surface area contributed by atoms with E-state index in [1.54, 1.807) is 0 Å². The summed E-state index contributed by atoms with van der Waals surface area (Å²) >= 11 is 0. The van der Waals surface area contributed by atoms with Crippen LogP contribution in [-0.2, 0) is 5.41 Å². The molecule has 1 heteroatoms. The van der Waals surface area contributed by atoms with E-state index in [4.69, 9.17) is 0 Å². The highest BCUT2D eigenvalue weighted by molar-refractivity contribution is 6.04. The lowest BCUT2D eigenvalue weighted by atomic mass is 9.69. The van der Waals surface area contributed by atoms with Gasteiger partial charge in [-0.3, -0.25) is 0 Å². The minimum atomic E-state index is -0.450. The van der Waals surface area contributed by atoms with E-state index in [9.17, 15) is 0 Å². The van der Waals surface area contributed by atoms with Gasteiger partial charge in [0.05, 0.1) is 5.41 Å². The average Bonchev–Trinajstić information content (AvgIpc) is 3.58. The van der Waals surface area contributed by atoms with Crippen molar-refractivity contribution in [2.45, 2.75) is 5.41 Å². The lowest BCUT2D eigenvalue weighted by molar-refractivity contribution is 0.801. The maximum absolute atomic E-state index is 4.10. The highest BCUT2D eigenvalue weighted by Gasteiger charge is 2.52. The van der Waals surface area contributed by atoms with Crippen LogP contribution in [0.2, 0.25) is 0 Å². The standard InChI is InChI=1S/C45H31N/c1-3-29-17-20-32(21-18-29)34-12-8-10-16-43(34)46-33-23-25-37-39-27-30(4-2)19-26-41(39)45(42(37)28-33)40-15-9-7-14-36(40)38-24-22-31-11-5-6-13-35(31)44(38)45/h3-28,46H,1-2H2. The Bertz CT molecular complexity index is 2380. The predicted molar refractivity (Wildman–Crippen MR) is 196 cm³/mol. The Morgan fingerprint density at radius 1 is 0.478 bits per heavy atom. The molecule has 0 radical (unpaired) electrons. The molecule has 0 aliphatic heterocycles. The van der Waals surface area contributed by atoms with Crippen LogP contribution >= 0.6 is 0 Å². The van der Waals surface area contributed by atoms with Crippen LogP contribution < -0.4 is 5.32 Å².